The second-order valence-electron chi connectivity index (χ2n) is 2.79. The van der Waals surface area contributed by atoms with Gasteiger partial charge in [-0.25, -0.2) is 0 Å². The maximum atomic E-state index is 12.6. The Labute approximate surface area is 90.0 Å². The van der Waals surface area contributed by atoms with Crippen LogP contribution in [0.2, 0.25) is 0 Å². The van der Waals surface area contributed by atoms with Crippen LogP contribution >= 0.6 is 7.82 Å². The first-order chi connectivity index (χ1) is 7.08. The van der Waals surface area contributed by atoms with E-state index in [0.717, 1.165) is 0 Å². The molecule has 0 aromatic rings. The van der Waals surface area contributed by atoms with Crippen LogP contribution < -0.4 is 9.79 Å². The van der Waals surface area contributed by atoms with Gasteiger partial charge in [-0.1, -0.05) is 0 Å². The summed E-state index contributed by atoms with van der Waals surface area (Å²) in [6.45, 7) is 0. The molecule has 0 amide bonds. The van der Waals surface area contributed by atoms with Crippen LogP contribution in [0.3, 0.4) is 0 Å². The third kappa shape index (κ3) is 3.88. The molecule has 16 heavy (non-hydrogen) atoms. The molecular weight excluding hydrogens is 248 g/mol. The summed E-state index contributed by atoms with van der Waals surface area (Å²) in [5, 5.41) is 0. The number of hydrogen-bond donors (Lipinski definition) is 0. The van der Waals surface area contributed by atoms with E-state index in [2.05, 4.69) is 17.4 Å². The number of halogens is 3. The second kappa shape index (κ2) is 4.90. The van der Waals surface area contributed by atoms with Crippen LogP contribution in [-0.4, -0.2) is 11.8 Å². The zero-order valence-electron chi connectivity index (χ0n) is 7.78. The van der Waals surface area contributed by atoms with Crippen LogP contribution in [0.5, 0.6) is 0 Å². The SMILES string of the molecule is C#CCC(CC#C)(OP(=O)([O-])[O-])C(F)(F)F. The van der Waals surface area contributed by atoms with Gasteiger partial charge in [0.15, 0.2) is 5.60 Å². The van der Waals surface area contributed by atoms with E-state index in [9.17, 15) is 27.5 Å². The Balaban J connectivity index is 5.39. The molecule has 0 rings (SSSR count). The van der Waals surface area contributed by atoms with E-state index in [4.69, 9.17) is 0 Å². The van der Waals surface area contributed by atoms with Gasteiger partial charge in [0.05, 0.1) is 7.82 Å². The van der Waals surface area contributed by atoms with Crippen LogP contribution in [0.15, 0.2) is 0 Å². The molecule has 0 bridgehead atoms. The summed E-state index contributed by atoms with van der Waals surface area (Å²) in [5.74, 6) is 3.17. The summed E-state index contributed by atoms with van der Waals surface area (Å²) in [4.78, 5) is 20.5. The first-order valence-electron chi connectivity index (χ1n) is 3.74. The lowest BCUT2D eigenvalue weighted by Gasteiger charge is -2.41. The lowest BCUT2D eigenvalue weighted by atomic mass is 9.96. The number of phosphoric ester groups is 1. The van der Waals surface area contributed by atoms with Crippen molar-refractivity contribution in [3.05, 3.63) is 0 Å². The van der Waals surface area contributed by atoms with Crippen molar-refractivity contribution in [3.8, 4) is 24.7 Å². The van der Waals surface area contributed by atoms with Gasteiger partial charge in [-0.05, 0) is 0 Å². The molecule has 0 fully saturated rings. The molecule has 0 aliphatic carbocycles. The maximum absolute atomic E-state index is 12.6. The van der Waals surface area contributed by atoms with E-state index < -0.39 is 32.4 Å². The molecule has 0 aliphatic heterocycles. The van der Waals surface area contributed by atoms with Crippen LogP contribution in [0, 0.1) is 24.7 Å². The molecule has 0 spiro atoms. The smallest absolute Gasteiger partial charge is 0.419 e. The third-order valence-corrected chi connectivity index (χ3v) is 2.15. The minimum atomic E-state index is -5.85. The summed E-state index contributed by atoms with van der Waals surface area (Å²) in [7, 11) is -5.85. The summed E-state index contributed by atoms with van der Waals surface area (Å²) in [5.41, 5.74) is -3.34. The van der Waals surface area contributed by atoms with Gasteiger partial charge >= 0.3 is 6.18 Å². The topological polar surface area (TPSA) is 72.4 Å². The molecule has 8 heteroatoms. The van der Waals surface area contributed by atoms with Crippen molar-refractivity contribution >= 4 is 7.82 Å². The average molecular weight is 254 g/mol. The molecule has 0 saturated carbocycles. The number of alkyl halides is 3. The number of rotatable bonds is 4. The summed E-state index contributed by atoms with van der Waals surface area (Å²) in [6.07, 6.45) is 1.86. The van der Waals surface area contributed by atoms with Crippen molar-refractivity contribution in [2.45, 2.75) is 24.6 Å². The Hall–Kier alpha value is -0.980. The number of hydrogen-bond acceptors (Lipinski definition) is 4. The van der Waals surface area contributed by atoms with E-state index in [1.165, 1.54) is 0 Å². The van der Waals surface area contributed by atoms with Gasteiger partial charge in [0.2, 0.25) is 0 Å². The van der Waals surface area contributed by atoms with Crippen molar-refractivity contribution in [3.63, 3.8) is 0 Å². The minimum Gasteiger partial charge on any atom is -0.790 e. The lowest BCUT2D eigenvalue weighted by molar-refractivity contribution is -0.365. The molecule has 0 heterocycles. The molecule has 0 aromatic heterocycles. The molecule has 0 unspecified atom stereocenters. The Morgan fingerprint density at radius 2 is 1.56 bits per heavy atom. The number of phosphoric acid groups is 1. The van der Waals surface area contributed by atoms with Crippen LogP contribution in [0.25, 0.3) is 0 Å². The Bertz CT molecular complexity index is 354. The van der Waals surface area contributed by atoms with E-state index >= 15 is 0 Å². The quantitative estimate of drug-likeness (QED) is 0.530. The van der Waals surface area contributed by atoms with Gasteiger partial charge in [0, 0.05) is 12.8 Å². The molecule has 4 nitrogen and oxygen atoms in total. The second-order valence-corrected chi connectivity index (χ2v) is 3.87. The summed E-state index contributed by atoms with van der Waals surface area (Å²) in [6, 6.07) is 0. The first kappa shape index (κ1) is 15.0. The maximum Gasteiger partial charge on any atom is 0.419 e. The van der Waals surface area contributed by atoms with Crippen molar-refractivity contribution < 1.29 is 32.0 Å². The fraction of sp³-hybridized carbons (Fsp3) is 0.500. The average Bonchev–Trinajstić information content (AvgIpc) is 1.99. The fourth-order valence-electron chi connectivity index (χ4n) is 0.923. The monoisotopic (exact) mass is 254 g/mol. The van der Waals surface area contributed by atoms with Gasteiger partial charge in [-0.15, -0.1) is 24.7 Å². The van der Waals surface area contributed by atoms with Gasteiger partial charge in [0.1, 0.15) is 0 Å². The fourth-order valence-corrected chi connectivity index (χ4v) is 1.58. The van der Waals surface area contributed by atoms with E-state index in [0.29, 0.717) is 0 Å². The van der Waals surface area contributed by atoms with Gasteiger partial charge in [-0.3, -0.25) is 0 Å². The van der Waals surface area contributed by atoms with Crippen LogP contribution in [-0.2, 0) is 9.09 Å². The number of terminal acetylenes is 2. The largest absolute Gasteiger partial charge is 0.790 e. The van der Waals surface area contributed by atoms with Crippen molar-refractivity contribution in [2.24, 2.45) is 0 Å². The van der Waals surface area contributed by atoms with Crippen LogP contribution in [0.1, 0.15) is 12.8 Å². The zero-order valence-corrected chi connectivity index (χ0v) is 8.68. The van der Waals surface area contributed by atoms with Gasteiger partial charge in [0.25, 0.3) is 0 Å². The molecule has 0 N–H and O–H groups in total. The molecule has 0 atom stereocenters. The predicted molar refractivity (Wildman–Crippen MR) is 44.4 cm³/mol. The van der Waals surface area contributed by atoms with E-state index in [1.807, 2.05) is 0 Å². The highest BCUT2D eigenvalue weighted by atomic mass is 31.2. The lowest BCUT2D eigenvalue weighted by Crippen LogP contribution is -2.48. The highest BCUT2D eigenvalue weighted by molar-refractivity contribution is 7.43. The molecule has 0 aromatic carbocycles. The third-order valence-electron chi connectivity index (χ3n) is 1.58. The van der Waals surface area contributed by atoms with Crippen molar-refractivity contribution in [1.29, 1.82) is 0 Å². The Morgan fingerprint density at radius 3 is 1.75 bits per heavy atom. The normalized spacial score (nSPS) is 12.9. The molecular formula is C8H6F3O4P-2. The highest BCUT2D eigenvalue weighted by Gasteiger charge is 2.56. The highest BCUT2D eigenvalue weighted by Crippen LogP contribution is 2.46. The van der Waals surface area contributed by atoms with Gasteiger partial charge < -0.3 is 18.9 Å². The van der Waals surface area contributed by atoms with Crippen molar-refractivity contribution in [2.75, 3.05) is 0 Å². The molecule has 0 saturated heterocycles. The van der Waals surface area contributed by atoms with E-state index in [-0.39, 0.29) is 0 Å². The Morgan fingerprint density at radius 1 is 1.19 bits per heavy atom. The standard InChI is InChI=1S/C8H8F3O4P/c1-3-5-7(6-4-2,8(9,10)11)15-16(12,13)14/h1-2H,5-6H2,(H2,12,13,14)/p-2. The van der Waals surface area contributed by atoms with Gasteiger partial charge in [-0.2, -0.15) is 13.2 Å². The summed E-state index contributed by atoms with van der Waals surface area (Å²) >= 11 is 0. The minimum absolute atomic E-state index is 1.16. The predicted octanol–water partition coefficient (Wildman–Crippen LogP) is 0.179. The Kier molecular flexibility index (Phi) is 4.60. The molecule has 90 valence electrons. The van der Waals surface area contributed by atoms with E-state index in [1.54, 1.807) is 11.8 Å². The molecule has 0 aliphatic rings. The molecule has 0 radical (unpaired) electrons. The zero-order chi connectivity index (χ0) is 13.0. The first-order valence-corrected chi connectivity index (χ1v) is 5.20. The summed E-state index contributed by atoms with van der Waals surface area (Å²) < 4.78 is 51.5. The van der Waals surface area contributed by atoms with Crippen molar-refractivity contribution in [1.82, 2.24) is 0 Å². The van der Waals surface area contributed by atoms with Crippen LogP contribution in [0.4, 0.5) is 13.2 Å².